The predicted molar refractivity (Wildman–Crippen MR) is 86.4 cm³/mol. The molecule has 8 heteroatoms. The maximum atomic E-state index is 14.2. The quantitative estimate of drug-likeness (QED) is 0.731. The van der Waals surface area contributed by atoms with Gasteiger partial charge in [-0.15, -0.1) is 0 Å². The van der Waals surface area contributed by atoms with Gasteiger partial charge in [-0.1, -0.05) is 32.5 Å². The maximum absolute atomic E-state index is 14.2. The van der Waals surface area contributed by atoms with Crippen LogP contribution in [0, 0.1) is 0 Å². The van der Waals surface area contributed by atoms with Crippen molar-refractivity contribution in [3.8, 4) is 11.5 Å². The van der Waals surface area contributed by atoms with Crippen LogP contribution in [0.25, 0.3) is 0 Å². The van der Waals surface area contributed by atoms with E-state index < -0.39 is 18.5 Å². The number of nitrogens with zero attached hydrogens (tertiary/aromatic N) is 1. The molecule has 1 amide bonds. The molecule has 2 aromatic carbocycles. The molecule has 0 saturated carbocycles. The van der Waals surface area contributed by atoms with Crippen LogP contribution in [0.3, 0.4) is 0 Å². The summed E-state index contributed by atoms with van der Waals surface area (Å²) >= 11 is 3.26. The van der Waals surface area contributed by atoms with Crippen molar-refractivity contribution in [3.05, 3.63) is 58.1 Å². The molecule has 0 heterocycles. The highest BCUT2D eigenvalue weighted by Gasteiger charge is 2.21. The first-order valence-electron chi connectivity index (χ1n) is 6.76. The van der Waals surface area contributed by atoms with Crippen LogP contribution in [0.15, 0.2) is 46.9 Å². The molecule has 6 nitrogen and oxygen atoms in total. The van der Waals surface area contributed by atoms with Gasteiger partial charge in [0.2, 0.25) is 0 Å². The number of carbonyl (C=O) groups is 2. The van der Waals surface area contributed by atoms with Gasteiger partial charge in [-0.25, -0.2) is 4.79 Å². The van der Waals surface area contributed by atoms with Gasteiger partial charge in [0.1, 0.15) is 11.5 Å². The molecule has 0 fully saturated rings. The number of rotatable bonds is 6. The Morgan fingerprint density at radius 3 is 2.46 bits per heavy atom. The lowest BCUT2D eigenvalue weighted by atomic mass is 10.1. The lowest BCUT2D eigenvalue weighted by Gasteiger charge is -2.15. The van der Waals surface area contributed by atoms with Crippen LogP contribution in [-0.4, -0.2) is 33.8 Å². The predicted octanol–water partition coefficient (Wildman–Crippen LogP) is 3.15. The summed E-state index contributed by atoms with van der Waals surface area (Å²) in [6.07, 6.45) is 0. The molecule has 0 saturated heterocycles. The summed E-state index contributed by atoms with van der Waals surface area (Å²) in [5, 5.41) is 18.1. The van der Waals surface area contributed by atoms with Crippen molar-refractivity contribution in [1.29, 1.82) is 0 Å². The van der Waals surface area contributed by atoms with Crippen molar-refractivity contribution in [2.75, 3.05) is 6.61 Å². The van der Waals surface area contributed by atoms with E-state index in [1.165, 1.54) is 12.1 Å². The average Bonchev–Trinajstić information content (AvgIpc) is 2.55. The zero-order chi connectivity index (χ0) is 17.7. The van der Waals surface area contributed by atoms with E-state index in [0.29, 0.717) is 5.56 Å². The first kappa shape index (κ1) is 17.7. The lowest BCUT2D eigenvalue weighted by molar-refractivity contribution is -0.139. The standard InChI is InChI=1S/C16H13BrFNO5/c17-11-3-1-10(2-4-11)8-19(18)16(23)13-7-12(20)5-6-14(13)24-9-15(21)22/h1-7,20H,8-9H2,(H,21,22). The van der Waals surface area contributed by atoms with Crippen LogP contribution in [-0.2, 0) is 11.3 Å². The Balaban J connectivity index is 2.19. The highest BCUT2D eigenvalue weighted by atomic mass is 79.9. The Hall–Kier alpha value is -2.61. The maximum Gasteiger partial charge on any atom is 0.341 e. The largest absolute Gasteiger partial charge is 0.508 e. The minimum atomic E-state index is -1.24. The van der Waals surface area contributed by atoms with E-state index in [2.05, 4.69) is 15.9 Å². The van der Waals surface area contributed by atoms with E-state index in [-0.39, 0.29) is 28.7 Å². The fourth-order valence-electron chi connectivity index (χ4n) is 1.90. The highest BCUT2D eigenvalue weighted by molar-refractivity contribution is 9.10. The number of hydrogen-bond acceptors (Lipinski definition) is 4. The molecular weight excluding hydrogens is 385 g/mol. The fourth-order valence-corrected chi connectivity index (χ4v) is 2.17. The lowest BCUT2D eigenvalue weighted by Crippen LogP contribution is -2.23. The van der Waals surface area contributed by atoms with Gasteiger partial charge in [-0.3, -0.25) is 4.79 Å². The second kappa shape index (κ2) is 7.78. The van der Waals surface area contributed by atoms with Gasteiger partial charge < -0.3 is 14.9 Å². The number of phenolic OH excluding ortho intramolecular Hbond substituents is 1. The Bertz CT molecular complexity index is 751. The first-order valence-corrected chi connectivity index (χ1v) is 7.56. The van der Waals surface area contributed by atoms with Crippen LogP contribution in [0.2, 0.25) is 0 Å². The molecule has 0 bridgehead atoms. The zero-order valence-electron chi connectivity index (χ0n) is 12.3. The SMILES string of the molecule is O=C(O)COc1ccc(O)cc1C(=O)N(F)Cc1ccc(Br)cc1. The third-order valence-corrected chi connectivity index (χ3v) is 3.53. The van der Waals surface area contributed by atoms with Crippen molar-refractivity contribution in [2.24, 2.45) is 0 Å². The number of halogens is 2. The third-order valence-electron chi connectivity index (χ3n) is 3.00. The number of aliphatic carboxylic acids is 1. The van der Waals surface area contributed by atoms with Crippen LogP contribution in [0.1, 0.15) is 15.9 Å². The van der Waals surface area contributed by atoms with E-state index >= 15 is 0 Å². The number of phenols is 1. The molecule has 2 rings (SSSR count). The van der Waals surface area contributed by atoms with Gasteiger partial charge in [0, 0.05) is 4.47 Å². The van der Waals surface area contributed by atoms with Crippen LogP contribution < -0.4 is 4.74 Å². The molecule has 2 N–H and O–H groups in total. The second-order valence-electron chi connectivity index (χ2n) is 4.81. The number of aromatic hydroxyl groups is 1. The molecule has 0 unspecified atom stereocenters. The smallest absolute Gasteiger partial charge is 0.341 e. The molecular formula is C16H13BrFNO5. The number of carboxylic acid groups (broad SMARTS) is 1. The van der Waals surface area contributed by atoms with Crippen molar-refractivity contribution in [3.63, 3.8) is 0 Å². The number of carboxylic acids is 1. The van der Waals surface area contributed by atoms with E-state index in [4.69, 9.17) is 9.84 Å². The number of ether oxygens (including phenoxy) is 1. The van der Waals surface area contributed by atoms with E-state index in [0.717, 1.165) is 10.5 Å². The summed E-state index contributed by atoms with van der Waals surface area (Å²) in [5.41, 5.74) is 0.290. The Morgan fingerprint density at radius 2 is 1.83 bits per heavy atom. The van der Waals surface area contributed by atoms with Crippen LogP contribution >= 0.6 is 15.9 Å². The summed E-state index contributed by atoms with van der Waals surface area (Å²) in [7, 11) is 0. The fraction of sp³-hybridized carbons (Fsp3) is 0.125. The van der Waals surface area contributed by atoms with E-state index in [1.54, 1.807) is 24.3 Å². The van der Waals surface area contributed by atoms with E-state index in [9.17, 15) is 19.2 Å². The molecule has 0 radical (unpaired) electrons. The summed E-state index contributed by atoms with van der Waals surface area (Å²) in [6.45, 7) is -0.996. The van der Waals surface area contributed by atoms with Gasteiger partial charge in [-0.05, 0) is 35.9 Å². The molecule has 24 heavy (non-hydrogen) atoms. The molecule has 0 aromatic heterocycles. The van der Waals surface area contributed by atoms with Gasteiger partial charge in [0.15, 0.2) is 6.61 Å². The van der Waals surface area contributed by atoms with Crippen molar-refractivity contribution in [1.82, 2.24) is 5.12 Å². The number of amides is 1. The molecule has 0 aliphatic carbocycles. The third kappa shape index (κ3) is 4.69. The van der Waals surface area contributed by atoms with Crippen molar-refractivity contribution < 1.29 is 29.0 Å². The topological polar surface area (TPSA) is 87.1 Å². The highest BCUT2D eigenvalue weighted by Crippen LogP contribution is 2.26. The molecule has 0 atom stereocenters. The minimum absolute atomic E-state index is 0.0361. The Morgan fingerprint density at radius 1 is 1.17 bits per heavy atom. The second-order valence-corrected chi connectivity index (χ2v) is 5.73. The van der Waals surface area contributed by atoms with Gasteiger partial charge in [0.25, 0.3) is 5.91 Å². The molecule has 126 valence electrons. The summed E-state index contributed by atoms with van der Waals surface area (Å²) in [4.78, 5) is 22.8. The molecule has 0 aliphatic rings. The number of carbonyl (C=O) groups excluding carboxylic acids is 1. The van der Waals surface area contributed by atoms with Crippen molar-refractivity contribution in [2.45, 2.75) is 6.54 Å². The first-order chi connectivity index (χ1) is 11.4. The van der Waals surface area contributed by atoms with Gasteiger partial charge in [-0.2, -0.15) is 5.12 Å². The molecule has 0 spiro atoms. The van der Waals surface area contributed by atoms with Gasteiger partial charge in [0.05, 0.1) is 12.1 Å². The minimum Gasteiger partial charge on any atom is -0.508 e. The summed E-state index contributed by atoms with van der Waals surface area (Å²) in [5.74, 6) is -2.68. The molecule has 2 aromatic rings. The van der Waals surface area contributed by atoms with Crippen molar-refractivity contribution >= 4 is 27.8 Å². The zero-order valence-corrected chi connectivity index (χ0v) is 13.9. The number of hydrogen-bond donors (Lipinski definition) is 2. The van der Waals surface area contributed by atoms with E-state index in [1.807, 2.05) is 0 Å². The van der Waals surface area contributed by atoms with Crippen LogP contribution in [0.5, 0.6) is 11.5 Å². The normalized spacial score (nSPS) is 10.2. The Kier molecular flexibility index (Phi) is 5.75. The number of benzene rings is 2. The van der Waals surface area contributed by atoms with Gasteiger partial charge >= 0.3 is 5.97 Å². The summed E-state index contributed by atoms with van der Waals surface area (Å²) in [6, 6.07) is 10.2. The monoisotopic (exact) mass is 397 g/mol. The Labute approximate surface area is 145 Å². The van der Waals surface area contributed by atoms with Crippen LogP contribution in [0.4, 0.5) is 4.48 Å². The molecule has 0 aliphatic heterocycles. The average molecular weight is 398 g/mol. The summed E-state index contributed by atoms with van der Waals surface area (Å²) < 4.78 is 20.0.